The smallest absolute Gasteiger partial charge is 0.492 e. The SMILES string of the molecule is CN(C)CCOc1ccc(NC(=O)Nc2ccc3c(c2)OC(F)(F)O3)cc1-c1ccnn1C. The van der Waals surface area contributed by atoms with E-state index < -0.39 is 12.3 Å². The molecule has 11 heteroatoms. The Morgan fingerprint density at radius 1 is 1.09 bits per heavy atom. The number of likely N-dealkylation sites (N-methyl/N-ethyl adjacent to an activating group) is 1. The van der Waals surface area contributed by atoms with Gasteiger partial charge in [-0.1, -0.05) is 0 Å². The van der Waals surface area contributed by atoms with Crippen molar-refractivity contribution in [3.8, 4) is 28.5 Å². The predicted octanol–water partition coefficient (Wildman–Crippen LogP) is 3.99. The van der Waals surface area contributed by atoms with E-state index in [4.69, 9.17) is 4.74 Å². The number of hydrogen-bond acceptors (Lipinski definition) is 6. The minimum absolute atomic E-state index is 0.100. The topological polar surface area (TPSA) is 89.9 Å². The average molecular weight is 459 g/mol. The highest BCUT2D eigenvalue weighted by atomic mass is 19.3. The number of carbonyl (C=O) groups is 1. The Morgan fingerprint density at radius 3 is 2.48 bits per heavy atom. The van der Waals surface area contributed by atoms with E-state index in [1.165, 1.54) is 18.2 Å². The summed E-state index contributed by atoms with van der Waals surface area (Å²) in [5, 5.41) is 9.53. The lowest BCUT2D eigenvalue weighted by Crippen LogP contribution is -2.25. The molecule has 174 valence electrons. The Kier molecular flexibility index (Phi) is 6.05. The molecule has 0 saturated heterocycles. The number of rotatable bonds is 7. The number of urea groups is 1. The first-order valence-corrected chi connectivity index (χ1v) is 10.1. The van der Waals surface area contributed by atoms with Crippen LogP contribution in [0.5, 0.6) is 17.2 Å². The molecular formula is C22H23F2N5O4. The molecular weight excluding hydrogens is 436 g/mol. The van der Waals surface area contributed by atoms with Gasteiger partial charge in [0.1, 0.15) is 12.4 Å². The second-order valence-corrected chi connectivity index (χ2v) is 7.61. The zero-order valence-corrected chi connectivity index (χ0v) is 18.3. The van der Waals surface area contributed by atoms with Gasteiger partial charge in [-0.3, -0.25) is 4.68 Å². The van der Waals surface area contributed by atoms with Crippen LogP contribution in [0.1, 0.15) is 0 Å². The summed E-state index contributed by atoms with van der Waals surface area (Å²) in [5.41, 5.74) is 2.35. The minimum Gasteiger partial charge on any atom is -0.492 e. The zero-order valence-electron chi connectivity index (χ0n) is 18.3. The Labute approximate surface area is 188 Å². The molecule has 0 unspecified atom stereocenters. The molecule has 2 amide bonds. The quantitative estimate of drug-likeness (QED) is 0.555. The van der Waals surface area contributed by atoms with Crippen LogP contribution in [0.25, 0.3) is 11.3 Å². The highest BCUT2D eigenvalue weighted by Crippen LogP contribution is 2.42. The van der Waals surface area contributed by atoms with Crippen LogP contribution >= 0.6 is 0 Å². The van der Waals surface area contributed by atoms with Crippen molar-refractivity contribution in [2.24, 2.45) is 7.05 Å². The van der Waals surface area contributed by atoms with Crippen molar-refractivity contribution in [2.75, 3.05) is 37.9 Å². The number of ether oxygens (including phenoxy) is 3. The minimum atomic E-state index is -3.72. The van der Waals surface area contributed by atoms with Gasteiger partial charge in [-0.15, -0.1) is 8.78 Å². The fourth-order valence-electron chi connectivity index (χ4n) is 3.23. The summed E-state index contributed by atoms with van der Waals surface area (Å²) in [4.78, 5) is 14.5. The van der Waals surface area contributed by atoms with Crippen LogP contribution in [0.2, 0.25) is 0 Å². The summed E-state index contributed by atoms with van der Waals surface area (Å²) < 4.78 is 42.8. The number of aryl methyl sites for hydroxylation is 1. The molecule has 2 N–H and O–H groups in total. The summed E-state index contributed by atoms with van der Waals surface area (Å²) in [6.07, 6.45) is -2.04. The van der Waals surface area contributed by atoms with E-state index in [1.807, 2.05) is 32.1 Å². The molecule has 1 aliphatic rings. The number of anilines is 2. The van der Waals surface area contributed by atoms with Crippen LogP contribution in [-0.4, -0.2) is 54.3 Å². The molecule has 2 heterocycles. The highest BCUT2D eigenvalue weighted by molar-refractivity contribution is 6.00. The maximum Gasteiger partial charge on any atom is 0.586 e. The second-order valence-electron chi connectivity index (χ2n) is 7.61. The molecule has 33 heavy (non-hydrogen) atoms. The molecule has 3 aromatic rings. The first-order valence-electron chi connectivity index (χ1n) is 10.1. The van der Waals surface area contributed by atoms with E-state index in [-0.39, 0.29) is 17.2 Å². The van der Waals surface area contributed by atoms with E-state index >= 15 is 0 Å². The maximum atomic E-state index is 13.2. The number of fused-ring (bicyclic) bond motifs is 1. The number of amides is 2. The normalized spacial score (nSPS) is 13.8. The van der Waals surface area contributed by atoms with Gasteiger partial charge in [0.2, 0.25) is 0 Å². The third-order valence-electron chi connectivity index (χ3n) is 4.79. The highest BCUT2D eigenvalue weighted by Gasteiger charge is 2.43. The molecule has 0 spiro atoms. The van der Waals surface area contributed by atoms with Gasteiger partial charge >= 0.3 is 12.3 Å². The van der Waals surface area contributed by atoms with Gasteiger partial charge in [-0.2, -0.15) is 5.10 Å². The van der Waals surface area contributed by atoms with Crippen molar-refractivity contribution in [3.63, 3.8) is 0 Å². The average Bonchev–Trinajstić information content (AvgIpc) is 3.29. The van der Waals surface area contributed by atoms with Crippen molar-refractivity contribution in [3.05, 3.63) is 48.7 Å². The van der Waals surface area contributed by atoms with Gasteiger partial charge < -0.3 is 29.7 Å². The maximum absolute atomic E-state index is 13.2. The standard InChI is InChI=1S/C22H23F2N5O4/c1-28(2)10-11-31-18-6-4-14(12-16(18)17-8-9-25-29(17)3)26-21(30)27-15-5-7-19-20(13-15)33-22(23,24)32-19/h4-9,12-13H,10-11H2,1-3H3,(H2,26,27,30). The van der Waals surface area contributed by atoms with Crippen molar-refractivity contribution < 1.29 is 27.8 Å². The molecule has 1 aliphatic heterocycles. The van der Waals surface area contributed by atoms with Crippen LogP contribution in [0, 0.1) is 0 Å². The predicted molar refractivity (Wildman–Crippen MR) is 118 cm³/mol. The van der Waals surface area contributed by atoms with Crippen LogP contribution in [0.4, 0.5) is 25.0 Å². The molecule has 0 saturated carbocycles. The summed E-state index contributed by atoms with van der Waals surface area (Å²) in [7, 11) is 5.74. The first-order chi connectivity index (χ1) is 15.7. The fraction of sp³-hybridized carbons (Fsp3) is 0.273. The van der Waals surface area contributed by atoms with E-state index in [0.29, 0.717) is 18.0 Å². The lowest BCUT2D eigenvalue weighted by atomic mass is 10.1. The van der Waals surface area contributed by atoms with Gasteiger partial charge in [0.25, 0.3) is 0 Å². The summed E-state index contributed by atoms with van der Waals surface area (Å²) in [5.74, 6) is 0.398. The van der Waals surface area contributed by atoms with Crippen LogP contribution < -0.4 is 24.8 Å². The summed E-state index contributed by atoms with van der Waals surface area (Å²) in [6, 6.07) is 10.6. The Bertz CT molecular complexity index is 1170. The number of carbonyl (C=O) groups excluding carboxylic acids is 1. The van der Waals surface area contributed by atoms with Crippen LogP contribution in [0.15, 0.2) is 48.7 Å². The Hall–Kier alpha value is -3.86. The number of aromatic nitrogens is 2. The van der Waals surface area contributed by atoms with Crippen molar-refractivity contribution in [1.82, 2.24) is 14.7 Å². The van der Waals surface area contributed by atoms with Gasteiger partial charge in [0, 0.05) is 42.8 Å². The lowest BCUT2D eigenvalue weighted by Gasteiger charge is -2.16. The van der Waals surface area contributed by atoms with Gasteiger partial charge in [0.05, 0.1) is 5.69 Å². The first kappa shape index (κ1) is 22.3. The van der Waals surface area contributed by atoms with E-state index in [1.54, 1.807) is 29.1 Å². The number of halogens is 2. The van der Waals surface area contributed by atoms with E-state index in [2.05, 4.69) is 25.2 Å². The number of nitrogens with one attached hydrogen (secondary N) is 2. The molecule has 0 radical (unpaired) electrons. The molecule has 0 fully saturated rings. The molecule has 2 aromatic carbocycles. The van der Waals surface area contributed by atoms with Crippen molar-refractivity contribution in [1.29, 1.82) is 0 Å². The third-order valence-corrected chi connectivity index (χ3v) is 4.79. The summed E-state index contributed by atoms with van der Waals surface area (Å²) in [6.45, 7) is 1.24. The molecule has 0 aliphatic carbocycles. The Morgan fingerprint density at radius 2 is 1.79 bits per heavy atom. The van der Waals surface area contributed by atoms with Gasteiger partial charge in [-0.25, -0.2) is 4.79 Å². The number of benzene rings is 2. The molecule has 4 rings (SSSR count). The number of nitrogens with zero attached hydrogens (tertiary/aromatic N) is 3. The molecule has 0 atom stereocenters. The van der Waals surface area contributed by atoms with E-state index in [9.17, 15) is 13.6 Å². The summed E-state index contributed by atoms with van der Waals surface area (Å²) >= 11 is 0. The fourth-order valence-corrected chi connectivity index (χ4v) is 3.23. The number of alkyl halides is 2. The van der Waals surface area contributed by atoms with Crippen molar-refractivity contribution in [2.45, 2.75) is 6.29 Å². The molecule has 1 aromatic heterocycles. The van der Waals surface area contributed by atoms with Gasteiger partial charge in [-0.05, 0) is 50.5 Å². The second kappa shape index (κ2) is 8.94. The van der Waals surface area contributed by atoms with Gasteiger partial charge in [0.15, 0.2) is 11.5 Å². The molecule has 0 bridgehead atoms. The zero-order chi connectivity index (χ0) is 23.6. The third kappa shape index (κ3) is 5.32. The monoisotopic (exact) mass is 459 g/mol. The van der Waals surface area contributed by atoms with Crippen molar-refractivity contribution >= 4 is 17.4 Å². The molecule has 9 nitrogen and oxygen atoms in total. The van der Waals surface area contributed by atoms with E-state index in [0.717, 1.165) is 17.8 Å². The van der Waals surface area contributed by atoms with Crippen LogP contribution in [0.3, 0.4) is 0 Å². The largest absolute Gasteiger partial charge is 0.586 e. The van der Waals surface area contributed by atoms with Crippen LogP contribution in [-0.2, 0) is 7.05 Å². The number of hydrogen-bond donors (Lipinski definition) is 2. The Balaban J connectivity index is 1.49. The lowest BCUT2D eigenvalue weighted by molar-refractivity contribution is -0.286.